The Bertz CT molecular complexity index is 313. The summed E-state index contributed by atoms with van der Waals surface area (Å²) in [6.45, 7) is 5.42. The molecule has 0 aliphatic rings. The number of nitrogens with two attached hydrogens (primary N) is 1. The van der Waals surface area contributed by atoms with Gasteiger partial charge in [-0.05, 0) is 12.0 Å². The summed E-state index contributed by atoms with van der Waals surface area (Å²) in [5.41, 5.74) is 6.76. The average Bonchev–Trinajstić information content (AvgIpc) is 2.30. The third kappa shape index (κ3) is 3.51. The lowest BCUT2D eigenvalue weighted by atomic mass is 10.1. The maximum absolute atomic E-state index is 5.78. The zero-order valence-electron chi connectivity index (χ0n) is 10.3. The van der Waals surface area contributed by atoms with Crippen molar-refractivity contribution in [3.8, 4) is 5.75 Å². The maximum Gasteiger partial charge on any atom is 0.124 e. The molecule has 0 spiro atoms. The van der Waals surface area contributed by atoms with Crippen molar-refractivity contribution in [1.82, 2.24) is 0 Å². The van der Waals surface area contributed by atoms with Gasteiger partial charge in [0.1, 0.15) is 5.75 Å². The van der Waals surface area contributed by atoms with E-state index in [2.05, 4.69) is 13.8 Å². The van der Waals surface area contributed by atoms with Crippen molar-refractivity contribution >= 4 is 0 Å². The average molecular weight is 223 g/mol. The van der Waals surface area contributed by atoms with Crippen LogP contribution in [0.5, 0.6) is 5.75 Å². The molecule has 90 valence electrons. The van der Waals surface area contributed by atoms with Gasteiger partial charge in [0.2, 0.25) is 0 Å². The Balaban J connectivity index is 2.77. The molecular weight excluding hydrogens is 202 g/mol. The number of hydrogen-bond donors (Lipinski definition) is 1. The third-order valence-corrected chi connectivity index (χ3v) is 2.33. The Labute approximate surface area is 97.6 Å². The van der Waals surface area contributed by atoms with Crippen molar-refractivity contribution in [2.75, 3.05) is 20.3 Å². The normalized spacial score (nSPS) is 12.8. The van der Waals surface area contributed by atoms with Crippen LogP contribution >= 0.6 is 0 Å². The largest absolute Gasteiger partial charge is 0.496 e. The van der Waals surface area contributed by atoms with E-state index in [0.29, 0.717) is 19.1 Å². The van der Waals surface area contributed by atoms with Crippen LogP contribution in [0, 0.1) is 5.92 Å². The van der Waals surface area contributed by atoms with Crippen LogP contribution in [0.15, 0.2) is 24.3 Å². The van der Waals surface area contributed by atoms with Gasteiger partial charge in [0.05, 0.1) is 13.2 Å². The SMILES string of the molecule is COc1ccccc1C(CN)OCC(C)C. The first-order chi connectivity index (χ1) is 7.69. The van der Waals surface area contributed by atoms with Crippen LogP contribution in [0.4, 0.5) is 0 Å². The van der Waals surface area contributed by atoms with Gasteiger partial charge in [-0.25, -0.2) is 0 Å². The molecule has 1 aromatic carbocycles. The van der Waals surface area contributed by atoms with Gasteiger partial charge in [0, 0.05) is 18.7 Å². The molecule has 0 heterocycles. The Hall–Kier alpha value is -1.06. The lowest BCUT2D eigenvalue weighted by Crippen LogP contribution is -2.18. The fraction of sp³-hybridized carbons (Fsp3) is 0.538. The molecule has 0 aliphatic heterocycles. The molecule has 1 rings (SSSR count). The van der Waals surface area contributed by atoms with Crippen molar-refractivity contribution in [1.29, 1.82) is 0 Å². The van der Waals surface area contributed by atoms with Gasteiger partial charge < -0.3 is 15.2 Å². The molecule has 0 fully saturated rings. The Morgan fingerprint density at radius 2 is 1.94 bits per heavy atom. The zero-order chi connectivity index (χ0) is 12.0. The quantitative estimate of drug-likeness (QED) is 0.805. The standard InChI is InChI=1S/C13H21NO2/c1-10(2)9-16-13(8-14)11-6-4-5-7-12(11)15-3/h4-7,10,13H,8-9,14H2,1-3H3. The molecule has 3 nitrogen and oxygen atoms in total. The molecule has 16 heavy (non-hydrogen) atoms. The van der Waals surface area contributed by atoms with Crippen molar-refractivity contribution in [2.45, 2.75) is 20.0 Å². The minimum Gasteiger partial charge on any atom is -0.496 e. The van der Waals surface area contributed by atoms with Gasteiger partial charge in [0.25, 0.3) is 0 Å². The zero-order valence-corrected chi connectivity index (χ0v) is 10.3. The van der Waals surface area contributed by atoms with E-state index in [0.717, 1.165) is 11.3 Å². The fourth-order valence-corrected chi connectivity index (χ4v) is 1.53. The van der Waals surface area contributed by atoms with Gasteiger partial charge in [-0.3, -0.25) is 0 Å². The lowest BCUT2D eigenvalue weighted by molar-refractivity contribution is 0.0391. The third-order valence-electron chi connectivity index (χ3n) is 2.33. The number of benzene rings is 1. The highest BCUT2D eigenvalue weighted by Gasteiger charge is 2.15. The molecule has 0 aromatic heterocycles. The van der Waals surface area contributed by atoms with E-state index in [1.807, 2.05) is 24.3 Å². The summed E-state index contributed by atoms with van der Waals surface area (Å²) in [7, 11) is 1.66. The molecule has 3 heteroatoms. The summed E-state index contributed by atoms with van der Waals surface area (Å²) in [5.74, 6) is 1.34. The van der Waals surface area contributed by atoms with Crippen molar-refractivity contribution in [2.24, 2.45) is 11.7 Å². The molecule has 1 aromatic rings. The molecule has 0 saturated heterocycles. The summed E-state index contributed by atoms with van der Waals surface area (Å²) in [5, 5.41) is 0. The molecule has 1 atom stereocenters. The van der Waals surface area contributed by atoms with Crippen LogP contribution in [0.25, 0.3) is 0 Å². The van der Waals surface area contributed by atoms with Crippen LogP contribution in [0.3, 0.4) is 0 Å². The Morgan fingerprint density at radius 3 is 2.50 bits per heavy atom. The molecule has 0 amide bonds. The second kappa shape index (κ2) is 6.51. The number of hydrogen-bond acceptors (Lipinski definition) is 3. The van der Waals surface area contributed by atoms with E-state index in [1.165, 1.54) is 0 Å². The van der Waals surface area contributed by atoms with Gasteiger partial charge in [-0.1, -0.05) is 32.0 Å². The van der Waals surface area contributed by atoms with Crippen LogP contribution in [-0.4, -0.2) is 20.3 Å². The first-order valence-corrected chi connectivity index (χ1v) is 5.63. The van der Waals surface area contributed by atoms with E-state index < -0.39 is 0 Å². The van der Waals surface area contributed by atoms with Crippen molar-refractivity contribution < 1.29 is 9.47 Å². The van der Waals surface area contributed by atoms with E-state index in [-0.39, 0.29) is 6.10 Å². The predicted octanol–water partition coefficient (Wildman–Crippen LogP) is 2.37. The summed E-state index contributed by atoms with van der Waals surface area (Å²) in [6, 6.07) is 7.84. The van der Waals surface area contributed by atoms with Crippen LogP contribution < -0.4 is 10.5 Å². The van der Waals surface area contributed by atoms with Crippen molar-refractivity contribution in [3.63, 3.8) is 0 Å². The minimum absolute atomic E-state index is 0.0847. The number of ether oxygens (including phenoxy) is 2. The van der Waals surface area contributed by atoms with Crippen molar-refractivity contribution in [3.05, 3.63) is 29.8 Å². The van der Waals surface area contributed by atoms with Gasteiger partial charge in [0.15, 0.2) is 0 Å². The van der Waals surface area contributed by atoms with Gasteiger partial charge >= 0.3 is 0 Å². The Kier molecular flexibility index (Phi) is 5.29. The Morgan fingerprint density at radius 1 is 1.25 bits per heavy atom. The summed E-state index contributed by atoms with van der Waals surface area (Å²) in [6.07, 6.45) is -0.0847. The second-order valence-corrected chi connectivity index (χ2v) is 4.19. The van der Waals surface area contributed by atoms with Crippen LogP contribution in [0.2, 0.25) is 0 Å². The molecule has 0 bridgehead atoms. The lowest BCUT2D eigenvalue weighted by Gasteiger charge is -2.20. The molecule has 0 saturated carbocycles. The topological polar surface area (TPSA) is 44.5 Å². The highest BCUT2D eigenvalue weighted by atomic mass is 16.5. The number of rotatable bonds is 6. The molecule has 1 unspecified atom stereocenters. The molecule has 0 aliphatic carbocycles. The predicted molar refractivity (Wildman–Crippen MR) is 65.6 cm³/mol. The van der Waals surface area contributed by atoms with E-state index >= 15 is 0 Å². The summed E-state index contributed by atoms with van der Waals surface area (Å²) >= 11 is 0. The number of para-hydroxylation sites is 1. The van der Waals surface area contributed by atoms with Gasteiger partial charge in [-0.15, -0.1) is 0 Å². The highest BCUT2D eigenvalue weighted by Crippen LogP contribution is 2.26. The second-order valence-electron chi connectivity index (χ2n) is 4.19. The van der Waals surface area contributed by atoms with Gasteiger partial charge in [-0.2, -0.15) is 0 Å². The summed E-state index contributed by atoms with van der Waals surface area (Å²) in [4.78, 5) is 0. The molecule has 2 N–H and O–H groups in total. The monoisotopic (exact) mass is 223 g/mol. The van der Waals surface area contributed by atoms with E-state index in [4.69, 9.17) is 15.2 Å². The first kappa shape index (κ1) is 13.0. The minimum atomic E-state index is -0.0847. The number of methoxy groups -OCH3 is 1. The smallest absolute Gasteiger partial charge is 0.124 e. The summed E-state index contributed by atoms with van der Waals surface area (Å²) < 4.78 is 11.1. The van der Waals surface area contributed by atoms with E-state index in [1.54, 1.807) is 7.11 Å². The van der Waals surface area contributed by atoms with E-state index in [9.17, 15) is 0 Å². The molecular formula is C13H21NO2. The fourth-order valence-electron chi connectivity index (χ4n) is 1.53. The van der Waals surface area contributed by atoms with Crippen LogP contribution in [0.1, 0.15) is 25.5 Å². The molecule has 0 radical (unpaired) electrons. The highest BCUT2D eigenvalue weighted by molar-refractivity contribution is 5.35. The van der Waals surface area contributed by atoms with Crippen LogP contribution in [-0.2, 0) is 4.74 Å². The maximum atomic E-state index is 5.78. The first-order valence-electron chi connectivity index (χ1n) is 5.63.